The van der Waals surface area contributed by atoms with Crippen molar-refractivity contribution in [2.45, 2.75) is 72.6 Å². The van der Waals surface area contributed by atoms with Crippen molar-refractivity contribution in [3.63, 3.8) is 0 Å². The predicted octanol–water partition coefficient (Wildman–Crippen LogP) is 4.89. The second-order valence-electron chi connectivity index (χ2n) is 6.47. The Kier molecular flexibility index (Phi) is 13.2. The summed E-state index contributed by atoms with van der Waals surface area (Å²) in [7, 11) is 0. The van der Waals surface area contributed by atoms with Gasteiger partial charge in [-0.15, -0.1) is 0 Å². The maximum atomic E-state index is 11.9. The summed E-state index contributed by atoms with van der Waals surface area (Å²) >= 11 is 0. The topological polar surface area (TPSA) is 60.4 Å². The third-order valence-corrected chi connectivity index (χ3v) is 3.68. The molecule has 4 nitrogen and oxygen atoms in total. The molecule has 0 spiro atoms. The number of esters is 1. The molecule has 0 aromatic rings. The van der Waals surface area contributed by atoms with Crippen molar-refractivity contribution in [1.29, 1.82) is 0 Å². The highest BCUT2D eigenvalue weighted by atomic mass is 16.5. The van der Waals surface area contributed by atoms with Crippen molar-refractivity contribution >= 4 is 18.0 Å². The molecule has 0 radical (unpaired) electrons. The van der Waals surface area contributed by atoms with Crippen LogP contribution >= 0.6 is 0 Å². The summed E-state index contributed by atoms with van der Waals surface area (Å²) in [6.45, 7) is 7.83. The summed E-state index contributed by atoms with van der Waals surface area (Å²) in [6, 6.07) is 0. The Balaban J connectivity index is 4.01. The van der Waals surface area contributed by atoms with Gasteiger partial charge in [-0.05, 0) is 52.0 Å². The Hall–Kier alpha value is -1.97. The van der Waals surface area contributed by atoms with Crippen LogP contribution in [-0.4, -0.2) is 24.6 Å². The molecular formula is C21H32O4. The maximum Gasteiger partial charge on any atom is 0.302 e. The molecule has 0 heterocycles. The summed E-state index contributed by atoms with van der Waals surface area (Å²) in [5.41, 5.74) is 3.22. The number of rotatable bonds is 13. The molecule has 0 rings (SSSR count). The van der Waals surface area contributed by atoms with Gasteiger partial charge in [0.05, 0.1) is 6.61 Å². The van der Waals surface area contributed by atoms with Gasteiger partial charge in [-0.3, -0.25) is 14.4 Å². The van der Waals surface area contributed by atoms with Crippen LogP contribution in [0, 0.1) is 0 Å². The van der Waals surface area contributed by atoms with E-state index in [-0.39, 0.29) is 18.4 Å². The zero-order valence-corrected chi connectivity index (χ0v) is 16.1. The average molecular weight is 348 g/mol. The molecule has 0 aromatic heterocycles. The lowest BCUT2D eigenvalue weighted by Crippen LogP contribution is -2.02. The van der Waals surface area contributed by atoms with Gasteiger partial charge in [0.1, 0.15) is 12.1 Å². The fraction of sp³-hybridized carbons (Fsp3) is 0.571. The van der Waals surface area contributed by atoms with E-state index in [0.29, 0.717) is 31.3 Å². The predicted molar refractivity (Wildman–Crippen MR) is 101 cm³/mol. The van der Waals surface area contributed by atoms with Crippen LogP contribution in [0.15, 0.2) is 34.9 Å². The first-order valence-corrected chi connectivity index (χ1v) is 8.93. The molecule has 0 unspecified atom stereocenters. The fourth-order valence-electron chi connectivity index (χ4n) is 2.24. The first-order chi connectivity index (χ1) is 11.8. The minimum absolute atomic E-state index is 0.199. The number of Topliss-reactive ketones (excluding diaryl/α,β-unsaturated/α-hetero) is 1. The van der Waals surface area contributed by atoms with Crippen molar-refractivity contribution in [2.75, 3.05) is 6.61 Å². The molecule has 0 aliphatic heterocycles. The zero-order chi connectivity index (χ0) is 19.1. The van der Waals surface area contributed by atoms with Crippen LogP contribution in [0.4, 0.5) is 0 Å². The molecule has 4 heteroatoms. The van der Waals surface area contributed by atoms with Gasteiger partial charge in [-0.1, -0.05) is 29.4 Å². The van der Waals surface area contributed by atoms with E-state index < -0.39 is 0 Å². The van der Waals surface area contributed by atoms with Crippen LogP contribution < -0.4 is 0 Å². The van der Waals surface area contributed by atoms with Crippen molar-refractivity contribution in [1.82, 2.24) is 0 Å². The van der Waals surface area contributed by atoms with E-state index in [1.54, 1.807) is 6.08 Å². The monoisotopic (exact) mass is 348 g/mol. The molecule has 0 aliphatic rings. The first-order valence-electron chi connectivity index (χ1n) is 8.93. The maximum absolute atomic E-state index is 11.9. The van der Waals surface area contributed by atoms with Crippen LogP contribution in [0.25, 0.3) is 0 Å². The van der Waals surface area contributed by atoms with Gasteiger partial charge in [0.25, 0.3) is 0 Å². The molecule has 0 amide bonds. The van der Waals surface area contributed by atoms with Crippen LogP contribution in [0.1, 0.15) is 72.6 Å². The lowest BCUT2D eigenvalue weighted by Gasteiger charge is -2.02. The molecular weight excluding hydrogens is 316 g/mol. The summed E-state index contributed by atoms with van der Waals surface area (Å²) in [5.74, 6) is -0.153. The van der Waals surface area contributed by atoms with E-state index in [9.17, 15) is 14.4 Å². The van der Waals surface area contributed by atoms with Crippen LogP contribution in [0.3, 0.4) is 0 Å². The van der Waals surface area contributed by atoms with E-state index in [1.807, 2.05) is 0 Å². The van der Waals surface area contributed by atoms with Crippen LogP contribution in [0.2, 0.25) is 0 Å². The van der Waals surface area contributed by atoms with Crippen molar-refractivity contribution in [3.8, 4) is 0 Å². The number of aldehydes is 1. The van der Waals surface area contributed by atoms with E-state index in [0.717, 1.165) is 25.5 Å². The molecule has 0 bridgehead atoms. The molecule has 0 saturated heterocycles. The number of ether oxygens (including phenoxy) is 1. The number of carbonyl (C=O) groups excluding carboxylic acids is 3. The quantitative estimate of drug-likeness (QED) is 0.206. The summed E-state index contributed by atoms with van der Waals surface area (Å²) in [4.78, 5) is 33.5. The lowest BCUT2D eigenvalue weighted by molar-refractivity contribution is -0.141. The Morgan fingerprint density at radius 3 is 1.96 bits per heavy atom. The van der Waals surface area contributed by atoms with Crippen molar-refractivity contribution in [3.05, 3.63) is 34.9 Å². The zero-order valence-electron chi connectivity index (χ0n) is 16.1. The molecule has 140 valence electrons. The molecule has 0 fully saturated rings. The fourth-order valence-corrected chi connectivity index (χ4v) is 2.24. The molecule has 0 N–H and O–H groups in total. The van der Waals surface area contributed by atoms with Gasteiger partial charge in [-0.2, -0.15) is 0 Å². The van der Waals surface area contributed by atoms with Crippen LogP contribution in [-0.2, 0) is 19.1 Å². The van der Waals surface area contributed by atoms with Gasteiger partial charge < -0.3 is 4.74 Å². The highest BCUT2D eigenvalue weighted by Gasteiger charge is 2.02. The first kappa shape index (κ1) is 23.0. The Morgan fingerprint density at radius 1 is 0.800 bits per heavy atom. The smallest absolute Gasteiger partial charge is 0.302 e. The van der Waals surface area contributed by atoms with Crippen molar-refractivity contribution < 1.29 is 19.1 Å². The van der Waals surface area contributed by atoms with E-state index in [1.165, 1.54) is 18.1 Å². The molecule has 0 aromatic carbocycles. The number of ketones is 1. The standard InChI is InChI=1S/C21H32O4/c1-17(2)8-5-9-18(3)10-6-12-21(24)13-7-11-20(16-22)14-15-25-19(4)23/h8,10-11,16H,5-7,9,12-15H2,1-4H3. The second-order valence-corrected chi connectivity index (χ2v) is 6.47. The van der Waals surface area contributed by atoms with Crippen molar-refractivity contribution in [2.24, 2.45) is 0 Å². The molecule has 25 heavy (non-hydrogen) atoms. The normalized spacial score (nSPS) is 11.8. The van der Waals surface area contributed by atoms with Gasteiger partial charge >= 0.3 is 5.97 Å². The Bertz CT molecular complexity index is 520. The highest BCUT2D eigenvalue weighted by molar-refractivity contribution is 5.79. The molecule has 0 aliphatic carbocycles. The summed E-state index contributed by atoms with van der Waals surface area (Å²) in [6.07, 6.45) is 11.7. The minimum Gasteiger partial charge on any atom is -0.466 e. The highest BCUT2D eigenvalue weighted by Crippen LogP contribution is 2.10. The minimum atomic E-state index is -0.357. The van der Waals surface area contributed by atoms with E-state index >= 15 is 0 Å². The van der Waals surface area contributed by atoms with E-state index in [2.05, 4.69) is 32.9 Å². The summed E-state index contributed by atoms with van der Waals surface area (Å²) in [5, 5.41) is 0. The average Bonchev–Trinajstić information content (AvgIpc) is 2.52. The molecule has 0 atom stereocenters. The van der Waals surface area contributed by atoms with E-state index in [4.69, 9.17) is 4.74 Å². The van der Waals surface area contributed by atoms with Gasteiger partial charge in [0, 0.05) is 26.2 Å². The Labute approximate surface area is 152 Å². The number of allylic oxidation sites excluding steroid dienone is 5. The van der Waals surface area contributed by atoms with Gasteiger partial charge in [0.15, 0.2) is 0 Å². The van der Waals surface area contributed by atoms with Gasteiger partial charge in [0.2, 0.25) is 0 Å². The second kappa shape index (κ2) is 14.4. The molecule has 0 saturated carbocycles. The third kappa shape index (κ3) is 15.3. The third-order valence-electron chi connectivity index (χ3n) is 3.68. The number of hydrogen-bond acceptors (Lipinski definition) is 4. The van der Waals surface area contributed by atoms with Crippen LogP contribution in [0.5, 0.6) is 0 Å². The van der Waals surface area contributed by atoms with Gasteiger partial charge in [-0.25, -0.2) is 0 Å². The number of carbonyl (C=O) groups is 3. The SMILES string of the molecule is CC(=O)OCCC(C=O)=CCCC(=O)CCC=C(C)CCC=C(C)C. The number of hydrogen-bond donors (Lipinski definition) is 0. The largest absolute Gasteiger partial charge is 0.466 e. The lowest BCUT2D eigenvalue weighted by atomic mass is 10.1. The Morgan fingerprint density at radius 2 is 1.40 bits per heavy atom. The summed E-state index contributed by atoms with van der Waals surface area (Å²) < 4.78 is 4.80.